The molecule has 0 unspecified atom stereocenters. The van der Waals surface area contributed by atoms with Crippen LogP contribution in [0.25, 0.3) is 0 Å². The number of alkyl halides is 3. The zero-order valence-corrected chi connectivity index (χ0v) is 15.0. The number of nitrogens with zero attached hydrogens (tertiary/aromatic N) is 3. The van der Waals surface area contributed by atoms with E-state index in [1.54, 1.807) is 30.0 Å². The Labute approximate surface area is 154 Å². The largest absolute Gasteiger partial charge is 0.497 e. The van der Waals surface area contributed by atoms with Crippen LogP contribution in [0.15, 0.2) is 24.4 Å². The number of rotatable bonds is 6. The van der Waals surface area contributed by atoms with Gasteiger partial charge in [-0.2, -0.15) is 18.2 Å². The lowest BCUT2D eigenvalue weighted by Crippen LogP contribution is -2.24. The SMILES string of the molecule is CCNc1nc(N(c2cc(OC)ccc2Cl)C2CC2)ncc1C(F)(F)F. The molecule has 9 heteroatoms. The number of ether oxygens (including phenoxy) is 1. The smallest absolute Gasteiger partial charge is 0.421 e. The van der Waals surface area contributed by atoms with Crippen molar-refractivity contribution in [1.29, 1.82) is 0 Å². The Morgan fingerprint density at radius 3 is 2.65 bits per heavy atom. The molecule has 1 N–H and O–H groups in total. The van der Waals surface area contributed by atoms with E-state index >= 15 is 0 Å². The lowest BCUT2D eigenvalue weighted by atomic mass is 10.2. The van der Waals surface area contributed by atoms with Gasteiger partial charge in [-0.1, -0.05) is 11.6 Å². The summed E-state index contributed by atoms with van der Waals surface area (Å²) in [5.74, 6) is 0.523. The van der Waals surface area contributed by atoms with Crippen molar-refractivity contribution < 1.29 is 17.9 Å². The Morgan fingerprint density at radius 2 is 2.08 bits per heavy atom. The summed E-state index contributed by atoms with van der Waals surface area (Å²) in [6.45, 7) is 2.02. The minimum Gasteiger partial charge on any atom is -0.497 e. The van der Waals surface area contributed by atoms with Gasteiger partial charge in [0.05, 0.1) is 17.8 Å². The van der Waals surface area contributed by atoms with E-state index in [0.717, 1.165) is 19.0 Å². The summed E-state index contributed by atoms with van der Waals surface area (Å²) in [4.78, 5) is 9.90. The molecular formula is C17H18ClF3N4O. The lowest BCUT2D eigenvalue weighted by Gasteiger charge is -2.25. The van der Waals surface area contributed by atoms with Gasteiger partial charge in [0.15, 0.2) is 0 Å². The molecule has 140 valence electrons. The van der Waals surface area contributed by atoms with Gasteiger partial charge in [-0.3, -0.25) is 0 Å². The summed E-state index contributed by atoms with van der Waals surface area (Å²) in [5.41, 5.74) is -0.286. The molecule has 0 spiro atoms. The number of aromatic nitrogens is 2. The first-order chi connectivity index (χ1) is 12.3. The maximum atomic E-state index is 13.2. The van der Waals surface area contributed by atoms with E-state index in [9.17, 15) is 13.2 Å². The molecule has 0 amide bonds. The number of halogens is 4. The second-order valence-corrected chi connectivity index (χ2v) is 6.29. The van der Waals surface area contributed by atoms with Crippen molar-refractivity contribution in [2.24, 2.45) is 0 Å². The fraction of sp³-hybridized carbons (Fsp3) is 0.412. The fourth-order valence-corrected chi connectivity index (χ4v) is 2.81. The van der Waals surface area contributed by atoms with E-state index in [-0.39, 0.29) is 17.8 Å². The molecule has 0 bridgehead atoms. The Morgan fingerprint density at radius 1 is 1.35 bits per heavy atom. The van der Waals surface area contributed by atoms with Gasteiger partial charge in [0.25, 0.3) is 0 Å². The molecule has 26 heavy (non-hydrogen) atoms. The van der Waals surface area contributed by atoms with Crippen LogP contribution < -0.4 is 15.0 Å². The number of hydrogen-bond acceptors (Lipinski definition) is 5. The van der Waals surface area contributed by atoms with E-state index in [4.69, 9.17) is 16.3 Å². The van der Waals surface area contributed by atoms with Crippen LogP contribution in [0.5, 0.6) is 5.75 Å². The summed E-state index contributed by atoms with van der Waals surface area (Å²) < 4.78 is 44.8. The molecule has 1 aromatic heterocycles. The van der Waals surface area contributed by atoms with Crippen LogP contribution in [0, 0.1) is 0 Å². The van der Waals surface area contributed by atoms with Crippen molar-refractivity contribution in [3.63, 3.8) is 0 Å². The number of hydrogen-bond donors (Lipinski definition) is 1. The Hall–Kier alpha value is -2.22. The topological polar surface area (TPSA) is 50.3 Å². The Bertz CT molecular complexity index is 796. The van der Waals surface area contributed by atoms with Gasteiger partial charge in [0, 0.05) is 24.8 Å². The zero-order chi connectivity index (χ0) is 18.9. The highest BCUT2D eigenvalue weighted by Gasteiger charge is 2.38. The highest BCUT2D eigenvalue weighted by atomic mass is 35.5. The molecule has 1 aliphatic rings. The molecule has 1 heterocycles. The van der Waals surface area contributed by atoms with Gasteiger partial charge in [0.1, 0.15) is 17.1 Å². The van der Waals surface area contributed by atoms with Crippen LogP contribution in [0.3, 0.4) is 0 Å². The molecule has 1 aliphatic carbocycles. The van der Waals surface area contributed by atoms with E-state index < -0.39 is 11.7 Å². The van der Waals surface area contributed by atoms with Crippen molar-refractivity contribution in [1.82, 2.24) is 9.97 Å². The van der Waals surface area contributed by atoms with Gasteiger partial charge >= 0.3 is 6.18 Å². The molecule has 5 nitrogen and oxygen atoms in total. The molecule has 0 aliphatic heterocycles. The number of anilines is 3. The molecule has 1 saturated carbocycles. The molecule has 3 rings (SSSR count). The summed E-state index contributed by atoms with van der Waals surface area (Å²) in [5, 5.41) is 3.12. The van der Waals surface area contributed by atoms with E-state index in [1.807, 2.05) is 0 Å². The average Bonchev–Trinajstić information content (AvgIpc) is 3.41. The normalized spacial score (nSPS) is 14.2. The van der Waals surface area contributed by atoms with Gasteiger partial charge in [-0.15, -0.1) is 0 Å². The first-order valence-electron chi connectivity index (χ1n) is 8.16. The third-order valence-electron chi connectivity index (χ3n) is 3.97. The first-order valence-corrected chi connectivity index (χ1v) is 8.53. The molecule has 1 aromatic carbocycles. The predicted octanol–water partition coefficient (Wildman–Crippen LogP) is 4.89. The Kier molecular flexibility index (Phi) is 5.13. The van der Waals surface area contributed by atoms with Crippen LogP contribution in [0.2, 0.25) is 5.02 Å². The minimum atomic E-state index is -4.53. The van der Waals surface area contributed by atoms with Crippen LogP contribution in [-0.2, 0) is 6.18 Å². The summed E-state index contributed by atoms with van der Waals surface area (Å²) in [6.07, 6.45) is -1.96. The number of benzene rings is 1. The molecular weight excluding hydrogens is 369 g/mol. The highest BCUT2D eigenvalue weighted by molar-refractivity contribution is 6.33. The highest BCUT2D eigenvalue weighted by Crippen LogP contribution is 2.42. The number of nitrogens with one attached hydrogen (secondary N) is 1. The van der Waals surface area contributed by atoms with Gasteiger partial charge < -0.3 is 15.0 Å². The van der Waals surface area contributed by atoms with Gasteiger partial charge in [-0.05, 0) is 31.9 Å². The fourth-order valence-electron chi connectivity index (χ4n) is 2.60. The zero-order valence-electron chi connectivity index (χ0n) is 14.3. The Balaban J connectivity index is 2.08. The molecule has 0 saturated heterocycles. The third kappa shape index (κ3) is 3.80. The van der Waals surface area contributed by atoms with Crippen LogP contribution in [0.4, 0.5) is 30.6 Å². The molecule has 0 radical (unpaired) electrons. The summed E-state index contributed by atoms with van der Waals surface area (Å²) in [6, 6.07) is 5.22. The molecule has 1 fully saturated rings. The second-order valence-electron chi connectivity index (χ2n) is 5.88. The quantitative estimate of drug-likeness (QED) is 0.766. The molecule has 0 atom stereocenters. The van der Waals surface area contributed by atoms with Crippen molar-refractivity contribution in [2.45, 2.75) is 32.0 Å². The van der Waals surface area contributed by atoms with E-state index in [2.05, 4.69) is 15.3 Å². The third-order valence-corrected chi connectivity index (χ3v) is 4.29. The van der Waals surface area contributed by atoms with Crippen LogP contribution in [0.1, 0.15) is 25.3 Å². The minimum absolute atomic E-state index is 0.0887. The summed E-state index contributed by atoms with van der Waals surface area (Å²) >= 11 is 6.33. The van der Waals surface area contributed by atoms with Gasteiger partial charge in [0.2, 0.25) is 5.95 Å². The van der Waals surface area contributed by atoms with E-state index in [0.29, 0.717) is 23.0 Å². The predicted molar refractivity (Wildman–Crippen MR) is 94.4 cm³/mol. The average molecular weight is 387 g/mol. The maximum Gasteiger partial charge on any atom is 0.421 e. The van der Waals surface area contributed by atoms with Crippen molar-refractivity contribution in [3.05, 3.63) is 35.0 Å². The maximum absolute atomic E-state index is 13.2. The molecule has 2 aromatic rings. The van der Waals surface area contributed by atoms with Crippen LogP contribution >= 0.6 is 11.6 Å². The standard InChI is InChI=1S/C17H18ClF3N4O/c1-3-22-15-12(17(19,20)21)9-23-16(24-15)25(10-4-5-10)14-8-11(26-2)6-7-13(14)18/h6-10H,3-5H2,1-2H3,(H,22,23,24). The first kappa shape index (κ1) is 18.6. The van der Waals surface area contributed by atoms with Crippen molar-refractivity contribution >= 4 is 29.1 Å². The lowest BCUT2D eigenvalue weighted by molar-refractivity contribution is -0.137. The van der Waals surface area contributed by atoms with Gasteiger partial charge in [-0.25, -0.2) is 4.98 Å². The second kappa shape index (κ2) is 7.19. The van der Waals surface area contributed by atoms with Crippen molar-refractivity contribution in [2.75, 3.05) is 23.9 Å². The summed E-state index contributed by atoms with van der Waals surface area (Å²) in [7, 11) is 1.53. The van der Waals surface area contributed by atoms with Crippen molar-refractivity contribution in [3.8, 4) is 5.75 Å². The number of methoxy groups -OCH3 is 1. The van der Waals surface area contributed by atoms with Crippen LogP contribution in [-0.4, -0.2) is 29.7 Å². The monoisotopic (exact) mass is 386 g/mol. The van der Waals surface area contributed by atoms with E-state index in [1.165, 1.54) is 7.11 Å².